The van der Waals surface area contributed by atoms with E-state index in [-0.39, 0.29) is 11.2 Å². The topological polar surface area (TPSA) is 79.7 Å². The Balaban J connectivity index is 1.88. The number of nitrogens with zero attached hydrogens (tertiary/aromatic N) is 1. The summed E-state index contributed by atoms with van der Waals surface area (Å²) in [6.07, 6.45) is -0.504. The fourth-order valence-electron chi connectivity index (χ4n) is 3.32. The van der Waals surface area contributed by atoms with Gasteiger partial charge in [-0.15, -0.1) is 0 Å². The van der Waals surface area contributed by atoms with E-state index in [1.807, 2.05) is 45.0 Å². The van der Waals surface area contributed by atoms with Crippen LogP contribution in [0.2, 0.25) is 0 Å². The zero-order chi connectivity index (χ0) is 17.5. The summed E-state index contributed by atoms with van der Waals surface area (Å²) in [5, 5.41) is 10.4. The number of furan rings is 1. The summed E-state index contributed by atoms with van der Waals surface area (Å²) in [6, 6.07) is 9.68. The SMILES string of the molecule is CC(C)(C)c1oc(C(N)=O)cc1CN1Cc2ccccc2C(O)C1. The summed E-state index contributed by atoms with van der Waals surface area (Å²) in [5.41, 5.74) is 8.22. The summed E-state index contributed by atoms with van der Waals surface area (Å²) < 4.78 is 5.71. The number of rotatable bonds is 3. The van der Waals surface area contributed by atoms with Gasteiger partial charge in [0.1, 0.15) is 5.76 Å². The van der Waals surface area contributed by atoms with Gasteiger partial charge in [0.05, 0.1) is 6.10 Å². The molecule has 0 aliphatic carbocycles. The first kappa shape index (κ1) is 16.7. The predicted molar refractivity (Wildman–Crippen MR) is 91.4 cm³/mol. The average Bonchev–Trinajstić information content (AvgIpc) is 2.91. The van der Waals surface area contributed by atoms with E-state index in [1.54, 1.807) is 6.07 Å². The number of aliphatic hydroxyl groups excluding tert-OH is 1. The van der Waals surface area contributed by atoms with Gasteiger partial charge in [-0.2, -0.15) is 0 Å². The zero-order valence-electron chi connectivity index (χ0n) is 14.4. The molecule has 1 atom stereocenters. The van der Waals surface area contributed by atoms with Crippen molar-refractivity contribution in [3.8, 4) is 0 Å². The molecular formula is C19H24N2O3. The molecule has 2 heterocycles. The van der Waals surface area contributed by atoms with Crippen LogP contribution >= 0.6 is 0 Å². The zero-order valence-corrected chi connectivity index (χ0v) is 14.4. The number of carbonyl (C=O) groups is 1. The molecule has 0 fully saturated rings. The fraction of sp³-hybridized carbons (Fsp3) is 0.421. The Bertz CT molecular complexity index is 758. The number of aliphatic hydroxyl groups is 1. The minimum atomic E-state index is -0.559. The Morgan fingerprint density at radius 1 is 1.38 bits per heavy atom. The molecule has 1 aliphatic rings. The quantitative estimate of drug-likeness (QED) is 0.908. The summed E-state index contributed by atoms with van der Waals surface area (Å²) in [5.74, 6) is 0.397. The Morgan fingerprint density at radius 3 is 2.75 bits per heavy atom. The van der Waals surface area contributed by atoms with Gasteiger partial charge in [-0.05, 0) is 17.2 Å². The Kier molecular flexibility index (Phi) is 4.24. The molecule has 0 saturated carbocycles. The van der Waals surface area contributed by atoms with E-state index in [9.17, 15) is 9.90 Å². The molecule has 0 bridgehead atoms. The number of β-amino-alcohol motifs (C(OH)–C–C–N with tert-alkyl or cyclic N) is 1. The van der Waals surface area contributed by atoms with Crippen molar-refractivity contribution in [2.45, 2.75) is 45.4 Å². The van der Waals surface area contributed by atoms with E-state index in [0.717, 1.165) is 29.0 Å². The summed E-state index contributed by atoms with van der Waals surface area (Å²) in [4.78, 5) is 13.6. The highest BCUT2D eigenvalue weighted by atomic mass is 16.4. The first-order valence-electron chi connectivity index (χ1n) is 8.17. The van der Waals surface area contributed by atoms with Crippen molar-refractivity contribution in [2.24, 2.45) is 5.73 Å². The number of nitrogens with two attached hydrogens (primary N) is 1. The van der Waals surface area contributed by atoms with Crippen LogP contribution in [0, 0.1) is 0 Å². The standard InChI is InChI=1S/C19H24N2O3/c1-19(2,3)17-13(8-16(24-17)18(20)23)10-21-9-12-6-4-5-7-14(12)15(22)11-21/h4-8,15,22H,9-11H2,1-3H3,(H2,20,23). The first-order valence-corrected chi connectivity index (χ1v) is 8.17. The third kappa shape index (κ3) is 3.23. The second kappa shape index (κ2) is 6.07. The van der Waals surface area contributed by atoms with E-state index >= 15 is 0 Å². The van der Waals surface area contributed by atoms with Crippen LogP contribution in [0.25, 0.3) is 0 Å². The largest absolute Gasteiger partial charge is 0.455 e. The molecule has 5 heteroatoms. The molecule has 3 N–H and O–H groups in total. The van der Waals surface area contributed by atoms with Crippen LogP contribution in [0.15, 0.2) is 34.7 Å². The number of hydrogen-bond donors (Lipinski definition) is 2. The lowest BCUT2D eigenvalue weighted by Gasteiger charge is -2.32. The minimum absolute atomic E-state index is 0.188. The molecule has 3 rings (SSSR count). The van der Waals surface area contributed by atoms with Crippen LogP contribution in [0.3, 0.4) is 0 Å². The Hall–Kier alpha value is -2.11. The molecule has 0 radical (unpaired) electrons. The lowest BCUT2D eigenvalue weighted by atomic mass is 9.90. The first-order chi connectivity index (χ1) is 11.3. The molecule has 2 aromatic rings. The highest BCUT2D eigenvalue weighted by Crippen LogP contribution is 2.32. The van der Waals surface area contributed by atoms with Crippen molar-refractivity contribution in [1.82, 2.24) is 4.90 Å². The fourth-order valence-corrected chi connectivity index (χ4v) is 3.32. The molecule has 1 aliphatic heterocycles. The lowest BCUT2D eigenvalue weighted by Crippen LogP contribution is -2.33. The number of hydrogen-bond acceptors (Lipinski definition) is 4. The number of amides is 1. The molecule has 0 spiro atoms. The molecule has 0 saturated heterocycles. The van der Waals surface area contributed by atoms with Gasteiger partial charge in [0.25, 0.3) is 5.91 Å². The van der Waals surface area contributed by atoms with E-state index < -0.39 is 12.0 Å². The summed E-state index contributed by atoms with van der Waals surface area (Å²) in [6.45, 7) is 8.04. The monoisotopic (exact) mass is 328 g/mol. The number of carbonyl (C=O) groups excluding carboxylic acids is 1. The van der Waals surface area contributed by atoms with Crippen LogP contribution < -0.4 is 5.73 Å². The molecule has 1 aromatic heterocycles. The molecular weight excluding hydrogens is 304 g/mol. The van der Waals surface area contributed by atoms with Gasteiger partial charge in [0.2, 0.25) is 0 Å². The third-order valence-electron chi connectivity index (χ3n) is 4.37. The smallest absolute Gasteiger partial charge is 0.284 e. The van der Waals surface area contributed by atoms with Crippen LogP contribution in [-0.2, 0) is 18.5 Å². The maximum absolute atomic E-state index is 11.5. The van der Waals surface area contributed by atoms with Gasteiger partial charge in [0, 0.05) is 30.6 Å². The number of fused-ring (bicyclic) bond motifs is 1. The van der Waals surface area contributed by atoms with Crippen LogP contribution in [0.1, 0.15) is 59.9 Å². The van der Waals surface area contributed by atoms with Crippen LogP contribution in [0.4, 0.5) is 0 Å². The highest BCUT2D eigenvalue weighted by Gasteiger charge is 2.29. The Morgan fingerprint density at radius 2 is 2.08 bits per heavy atom. The van der Waals surface area contributed by atoms with Crippen molar-refractivity contribution in [3.05, 3.63) is 58.5 Å². The Labute approximate surface area is 142 Å². The van der Waals surface area contributed by atoms with Crippen molar-refractivity contribution >= 4 is 5.91 Å². The third-order valence-corrected chi connectivity index (χ3v) is 4.37. The van der Waals surface area contributed by atoms with Crippen molar-refractivity contribution in [2.75, 3.05) is 6.54 Å². The predicted octanol–water partition coefficient (Wildman–Crippen LogP) is 2.73. The molecule has 24 heavy (non-hydrogen) atoms. The molecule has 1 unspecified atom stereocenters. The van der Waals surface area contributed by atoms with E-state index in [1.165, 1.54) is 0 Å². The van der Waals surface area contributed by atoms with Gasteiger partial charge in [-0.3, -0.25) is 9.69 Å². The van der Waals surface area contributed by atoms with Gasteiger partial charge < -0.3 is 15.3 Å². The molecule has 1 aromatic carbocycles. The second-order valence-electron chi connectivity index (χ2n) is 7.46. The minimum Gasteiger partial charge on any atom is -0.455 e. The maximum atomic E-state index is 11.5. The average molecular weight is 328 g/mol. The lowest BCUT2D eigenvalue weighted by molar-refractivity contribution is 0.0876. The molecule has 5 nitrogen and oxygen atoms in total. The van der Waals surface area contributed by atoms with Crippen molar-refractivity contribution in [1.29, 1.82) is 0 Å². The summed E-state index contributed by atoms with van der Waals surface area (Å²) in [7, 11) is 0. The van der Waals surface area contributed by atoms with E-state index in [0.29, 0.717) is 13.1 Å². The molecule has 1 amide bonds. The van der Waals surface area contributed by atoms with Crippen molar-refractivity contribution < 1.29 is 14.3 Å². The number of benzene rings is 1. The van der Waals surface area contributed by atoms with Gasteiger partial charge in [-0.1, -0.05) is 45.0 Å². The normalized spacial score (nSPS) is 18.4. The van der Waals surface area contributed by atoms with Crippen LogP contribution in [0.5, 0.6) is 0 Å². The van der Waals surface area contributed by atoms with E-state index in [4.69, 9.17) is 10.2 Å². The highest BCUT2D eigenvalue weighted by molar-refractivity contribution is 5.90. The molecule has 128 valence electrons. The number of primary amides is 1. The summed E-state index contributed by atoms with van der Waals surface area (Å²) >= 11 is 0. The van der Waals surface area contributed by atoms with Crippen molar-refractivity contribution in [3.63, 3.8) is 0 Å². The van der Waals surface area contributed by atoms with Gasteiger partial charge in [-0.25, -0.2) is 0 Å². The second-order valence-corrected chi connectivity index (χ2v) is 7.46. The van der Waals surface area contributed by atoms with Gasteiger partial charge in [0.15, 0.2) is 5.76 Å². The van der Waals surface area contributed by atoms with Crippen LogP contribution in [-0.4, -0.2) is 22.5 Å². The van der Waals surface area contributed by atoms with Gasteiger partial charge >= 0.3 is 0 Å². The van der Waals surface area contributed by atoms with E-state index in [2.05, 4.69) is 4.90 Å². The maximum Gasteiger partial charge on any atom is 0.284 e.